The highest BCUT2D eigenvalue weighted by atomic mass is 16.5. The fourth-order valence-electron chi connectivity index (χ4n) is 2.01. The quantitative estimate of drug-likeness (QED) is 0.783. The van der Waals surface area contributed by atoms with Crippen LogP contribution in [-0.2, 0) is 4.74 Å². The van der Waals surface area contributed by atoms with Crippen LogP contribution in [0.3, 0.4) is 0 Å². The molecule has 18 heavy (non-hydrogen) atoms. The van der Waals surface area contributed by atoms with Gasteiger partial charge in [0.1, 0.15) is 18.1 Å². The minimum absolute atomic E-state index is 0.394. The van der Waals surface area contributed by atoms with Crippen molar-refractivity contribution in [2.24, 2.45) is 0 Å². The number of methoxy groups -OCH3 is 1. The van der Waals surface area contributed by atoms with Crippen LogP contribution in [0.2, 0.25) is 0 Å². The first-order valence-corrected chi connectivity index (χ1v) is 6.47. The van der Waals surface area contributed by atoms with Gasteiger partial charge in [0.25, 0.3) is 0 Å². The second-order valence-corrected chi connectivity index (χ2v) is 4.34. The zero-order valence-corrected chi connectivity index (χ0v) is 10.9. The summed E-state index contributed by atoms with van der Waals surface area (Å²) < 4.78 is 16.4. The molecule has 1 N–H and O–H groups in total. The van der Waals surface area contributed by atoms with Crippen molar-refractivity contribution in [2.45, 2.75) is 18.9 Å². The van der Waals surface area contributed by atoms with Gasteiger partial charge in [-0.2, -0.15) is 0 Å². The molecule has 1 heterocycles. The molecule has 100 valence electrons. The Morgan fingerprint density at radius 3 is 2.39 bits per heavy atom. The lowest BCUT2D eigenvalue weighted by atomic mass is 10.1. The van der Waals surface area contributed by atoms with Crippen LogP contribution < -0.4 is 14.8 Å². The molecule has 1 fully saturated rings. The van der Waals surface area contributed by atoms with Gasteiger partial charge in [-0.15, -0.1) is 0 Å². The Morgan fingerprint density at radius 2 is 1.72 bits per heavy atom. The van der Waals surface area contributed by atoms with Crippen molar-refractivity contribution in [3.05, 3.63) is 24.3 Å². The summed E-state index contributed by atoms with van der Waals surface area (Å²) in [7, 11) is 1.66. The van der Waals surface area contributed by atoms with Gasteiger partial charge in [-0.3, -0.25) is 0 Å². The Kier molecular flexibility index (Phi) is 5.30. The lowest BCUT2D eigenvalue weighted by Gasteiger charge is -2.22. The van der Waals surface area contributed by atoms with Crippen LogP contribution >= 0.6 is 0 Å². The van der Waals surface area contributed by atoms with E-state index in [0.717, 1.165) is 37.4 Å². The minimum Gasteiger partial charge on any atom is -0.497 e. The smallest absolute Gasteiger partial charge is 0.119 e. The number of ether oxygens (including phenoxy) is 3. The standard InChI is InChI=1S/C14H21NO3/c1-16-12-2-4-13(5-3-12)17-10-11-18-14-6-8-15-9-7-14/h2-5,14-15H,6-11H2,1H3. The SMILES string of the molecule is COc1ccc(OCCOC2CCNCC2)cc1. The van der Waals surface area contributed by atoms with Crippen molar-refractivity contribution in [3.63, 3.8) is 0 Å². The molecule has 0 aliphatic carbocycles. The number of piperidine rings is 1. The molecule has 1 saturated heterocycles. The van der Waals surface area contributed by atoms with E-state index in [1.807, 2.05) is 24.3 Å². The molecule has 2 rings (SSSR count). The van der Waals surface area contributed by atoms with Crippen molar-refractivity contribution >= 4 is 0 Å². The Hall–Kier alpha value is -1.26. The zero-order chi connectivity index (χ0) is 12.6. The monoisotopic (exact) mass is 251 g/mol. The molecular formula is C14H21NO3. The second kappa shape index (κ2) is 7.24. The van der Waals surface area contributed by atoms with Crippen LogP contribution in [0.4, 0.5) is 0 Å². The largest absolute Gasteiger partial charge is 0.497 e. The van der Waals surface area contributed by atoms with Crippen LogP contribution in [0.5, 0.6) is 11.5 Å². The van der Waals surface area contributed by atoms with E-state index in [-0.39, 0.29) is 0 Å². The third-order valence-electron chi connectivity index (χ3n) is 3.05. The molecule has 4 nitrogen and oxygen atoms in total. The van der Waals surface area contributed by atoms with E-state index in [1.54, 1.807) is 7.11 Å². The molecule has 1 aliphatic rings. The van der Waals surface area contributed by atoms with Gasteiger partial charge in [-0.1, -0.05) is 0 Å². The van der Waals surface area contributed by atoms with E-state index in [0.29, 0.717) is 19.3 Å². The average molecular weight is 251 g/mol. The number of benzene rings is 1. The van der Waals surface area contributed by atoms with Crippen molar-refractivity contribution in [1.82, 2.24) is 5.32 Å². The normalized spacial score (nSPS) is 16.5. The molecule has 0 amide bonds. The predicted octanol–water partition coefficient (Wildman–Crippen LogP) is 1.84. The average Bonchev–Trinajstić information content (AvgIpc) is 2.45. The van der Waals surface area contributed by atoms with Crippen molar-refractivity contribution in [2.75, 3.05) is 33.4 Å². The van der Waals surface area contributed by atoms with Crippen molar-refractivity contribution < 1.29 is 14.2 Å². The van der Waals surface area contributed by atoms with E-state index in [4.69, 9.17) is 14.2 Å². The van der Waals surface area contributed by atoms with Crippen LogP contribution in [0.15, 0.2) is 24.3 Å². The summed E-state index contributed by atoms with van der Waals surface area (Å²) in [5.74, 6) is 1.69. The minimum atomic E-state index is 0.394. The summed E-state index contributed by atoms with van der Waals surface area (Å²) in [4.78, 5) is 0. The van der Waals surface area contributed by atoms with Crippen LogP contribution in [0, 0.1) is 0 Å². The molecule has 0 unspecified atom stereocenters. The van der Waals surface area contributed by atoms with Gasteiger partial charge in [0.2, 0.25) is 0 Å². The first-order valence-electron chi connectivity index (χ1n) is 6.47. The molecule has 0 radical (unpaired) electrons. The van der Waals surface area contributed by atoms with Crippen LogP contribution in [-0.4, -0.2) is 39.5 Å². The van der Waals surface area contributed by atoms with Crippen molar-refractivity contribution in [3.8, 4) is 11.5 Å². The summed E-state index contributed by atoms with van der Waals surface area (Å²) in [5, 5.41) is 3.32. The molecule has 1 aromatic rings. The molecule has 1 aliphatic heterocycles. The highest BCUT2D eigenvalue weighted by Crippen LogP contribution is 2.17. The van der Waals surface area contributed by atoms with Gasteiger partial charge >= 0.3 is 0 Å². The molecule has 0 aromatic heterocycles. The molecule has 0 saturated carbocycles. The lowest BCUT2D eigenvalue weighted by molar-refractivity contribution is 0.0168. The Bertz CT molecular complexity index is 333. The van der Waals surface area contributed by atoms with Gasteiger partial charge in [-0.05, 0) is 50.2 Å². The van der Waals surface area contributed by atoms with Crippen molar-refractivity contribution in [1.29, 1.82) is 0 Å². The van der Waals surface area contributed by atoms with E-state index in [2.05, 4.69) is 5.32 Å². The summed E-state index contributed by atoms with van der Waals surface area (Å²) in [5.41, 5.74) is 0. The molecule has 0 bridgehead atoms. The fraction of sp³-hybridized carbons (Fsp3) is 0.571. The summed E-state index contributed by atoms with van der Waals surface area (Å²) >= 11 is 0. The number of rotatable bonds is 6. The van der Waals surface area contributed by atoms with Gasteiger partial charge < -0.3 is 19.5 Å². The number of nitrogens with one attached hydrogen (secondary N) is 1. The zero-order valence-electron chi connectivity index (χ0n) is 10.9. The maximum absolute atomic E-state index is 5.76. The summed E-state index contributed by atoms with van der Waals surface area (Å²) in [6.45, 7) is 3.36. The van der Waals surface area contributed by atoms with E-state index >= 15 is 0 Å². The van der Waals surface area contributed by atoms with E-state index in [1.165, 1.54) is 0 Å². The van der Waals surface area contributed by atoms with Crippen LogP contribution in [0.1, 0.15) is 12.8 Å². The van der Waals surface area contributed by atoms with Gasteiger partial charge in [0.15, 0.2) is 0 Å². The van der Waals surface area contributed by atoms with Gasteiger partial charge in [0.05, 0.1) is 19.8 Å². The molecule has 0 spiro atoms. The Morgan fingerprint density at radius 1 is 1.06 bits per heavy atom. The second-order valence-electron chi connectivity index (χ2n) is 4.34. The molecule has 0 atom stereocenters. The molecule has 4 heteroatoms. The molecule has 1 aromatic carbocycles. The highest BCUT2D eigenvalue weighted by Gasteiger charge is 2.12. The first kappa shape index (κ1) is 13.2. The van der Waals surface area contributed by atoms with Crippen LogP contribution in [0.25, 0.3) is 0 Å². The fourth-order valence-corrected chi connectivity index (χ4v) is 2.01. The summed E-state index contributed by atoms with van der Waals surface area (Å²) in [6.07, 6.45) is 2.59. The third-order valence-corrected chi connectivity index (χ3v) is 3.05. The molecular weight excluding hydrogens is 230 g/mol. The Labute approximate surface area is 108 Å². The first-order chi connectivity index (χ1) is 8.88. The third kappa shape index (κ3) is 4.20. The number of hydrogen-bond donors (Lipinski definition) is 1. The van der Waals surface area contributed by atoms with Gasteiger partial charge in [0, 0.05) is 0 Å². The topological polar surface area (TPSA) is 39.7 Å². The maximum atomic E-state index is 5.76. The number of hydrogen-bond acceptors (Lipinski definition) is 4. The predicted molar refractivity (Wildman–Crippen MR) is 70.3 cm³/mol. The maximum Gasteiger partial charge on any atom is 0.119 e. The summed E-state index contributed by atoms with van der Waals surface area (Å²) in [6, 6.07) is 7.60. The van der Waals surface area contributed by atoms with E-state index in [9.17, 15) is 0 Å². The van der Waals surface area contributed by atoms with Gasteiger partial charge in [-0.25, -0.2) is 0 Å². The van der Waals surface area contributed by atoms with E-state index < -0.39 is 0 Å². The lowest BCUT2D eigenvalue weighted by Crippen LogP contribution is -2.33. The Balaban J connectivity index is 1.62. The highest BCUT2D eigenvalue weighted by molar-refractivity contribution is 5.31.